The molecule has 0 saturated carbocycles. The highest BCUT2D eigenvalue weighted by atomic mass is 32.2. The number of rotatable bonds is 10. The number of carbonyl (C=O) groups excluding carboxylic acids is 1. The molecule has 10 heteroatoms. The van der Waals surface area contributed by atoms with E-state index in [1.165, 1.54) is 11.3 Å². The van der Waals surface area contributed by atoms with Gasteiger partial charge in [-0.1, -0.05) is 24.3 Å². The number of carbonyl (C=O) groups is 1. The molecule has 1 unspecified atom stereocenters. The van der Waals surface area contributed by atoms with E-state index in [1.54, 1.807) is 33.5 Å². The maximum Gasteiger partial charge on any atom is 0.260 e. The third-order valence-corrected chi connectivity index (χ3v) is 9.42. The van der Waals surface area contributed by atoms with Crippen LogP contribution in [0.2, 0.25) is 0 Å². The number of thiazole rings is 1. The minimum atomic E-state index is -3.58. The highest BCUT2D eigenvalue weighted by molar-refractivity contribution is 7.89. The number of para-hydroxylation sites is 1. The number of piperidine rings is 1. The molecule has 0 N–H and O–H groups in total. The number of anilines is 1. The van der Waals surface area contributed by atoms with Crippen LogP contribution in [0.3, 0.4) is 0 Å². The van der Waals surface area contributed by atoms with Crippen LogP contribution in [0.5, 0.6) is 5.75 Å². The number of ether oxygens (including phenoxy) is 1. The number of benzene rings is 2. The second-order valence-corrected chi connectivity index (χ2v) is 12.7. The van der Waals surface area contributed by atoms with Crippen molar-refractivity contribution in [2.24, 2.45) is 5.92 Å². The van der Waals surface area contributed by atoms with Crippen molar-refractivity contribution in [1.29, 1.82) is 0 Å². The van der Waals surface area contributed by atoms with E-state index in [4.69, 9.17) is 9.72 Å². The predicted octanol–water partition coefficient (Wildman–Crippen LogP) is 4.71. The van der Waals surface area contributed by atoms with Crippen LogP contribution >= 0.6 is 11.3 Å². The Morgan fingerprint density at radius 1 is 1.16 bits per heavy atom. The summed E-state index contributed by atoms with van der Waals surface area (Å²) >= 11 is 1.45. The molecule has 1 fully saturated rings. The largest absolute Gasteiger partial charge is 0.492 e. The molecule has 1 aromatic heterocycles. The zero-order chi connectivity index (χ0) is 26.6. The molecule has 0 aliphatic carbocycles. The summed E-state index contributed by atoms with van der Waals surface area (Å²) in [6.45, 7) is 6.92. The molecule has 1 aliphatic rings. The maximum atomic E-state index is 13.7. The van der Waals surface area contributed by atoms with Crippen LogP contribution in [0.25, 0.3) is 10.2 Å². The van der Waals surface area contributed by atoms with Gasteiger partial charge < -0.3 is 9.64 Å². The number of sulfonamides is 1. The van der Waals surface area contributed by atoms with E-state index in [9.17, 15) is 13.2 Å². The minimum Gasteiger partial charge on any atom is -0.492 e. The van der Waals surface area contributed by atoms with Crippen molar-refractivity contribution in [3.8, 4) is 5.75 Å². The summed E-state index contributed by atoms with van der Waals surface area (Å²) in [5, 5.41) is 0.602. The monoisotopic (exact) mass is 544 g/mol. The van der Waals surface area contributed by atoms with Gasteiger partial charge in [0, 0.05) is 25.2 Å². The molecular formula is C27H36N4O4S2. The maximum absolute atomic E-state index is 13.7. The van der Waals surface area contributed by atoms with Crippen molar-refractivity contribution < 1.29 is 17.9 Å². The van der Waals surface area contributed by atoms with E-state index in [0.717, 1.165) is 36.0 Å². The molecule has 1 amide bonds. The van der Waals surface area contributed by atoms with E-state index in [-0.39, 0.29) is 10.8 Å². The van der Waals surface area contributed by atoms with Gasteiger partial charge >= 0.3 is 0 Å². The van der Waals surface area contributed by atoms with Gasteiger partial charge in [-0.3, -0.25) is 9.69 Å². The van der Waals surface area contributed by atoms with Crippen LogP contribution in [0.4, 0.5) is 5.13 Å². The first-order chi connectivity index (χ1) is 17.7. The molecule has 0 radical (unpaired) electrons. The summed E-state index contributed by atoms with van der Waals surface area (Å²) in [5.41, 5.74) is 1.17. The zero-order valence-corrected chi connectivity index (χ0v) is 23.6. The van der Waals surface area contributed by atoms with E-state index in [0.29, 0.717) is 48.6 Å². The first-order valence-electron chi connectivity index (χ1n) is 12.8. The highest BCUT2D eigenvalue weighted by Gasteiger charge is 2.29. The van der Waals surface area contributed by atoms with Crippen molar-refractivity contribution in [2.75, 3.05) is 51.8 Å². The second kappa shape index (κ2) is 11.9. The summed E-state index contributed by atoms with van der Waals surface area (Å²) in [7, 11) is 0.419. The van der Waals surface area contributed by atoms with Gasteiger partial charge in [-0.05, 0) is 89.1 Å². The zero-order valence-electron chi connectivity index (χ0n) is 22.0. The first-order valence-corrected chi connectivity index (χ1v) is 15.1. The molecule has 37 heavy (non-hydrogen) atoms. The number of nitrogens with zero attached hydrogens (tertiary/aromatic N) is 4. The van der Waals surface area contributed by atoms with Gasteiger partial charge in [0.1, 0.15) is 11.3 Å². The molecule has 1 aliphatic heterocycles. The number of hydrogen-bond donors (Lipinski definition) is 0. The molecule has 1 atom stereocenters. The first kappa shape index (κ1) is 27.5. The lowest BCUT2D eigenvalue weighted by Crippen LogP contribution is -2.39. The fourth-order valence-electron chi connectivity index (χ4n) is 4.57. The van der Waals surface area contributed by atoms with Gasteiger partial charge in [0.25, 0.3) is 5.91 Å². The number of amides is 1. The Morgan fingerprint density at radius 3 is 2.59 bits per heavy atom. The lowest BCUT2D eigenvalue weighted by atomic mass is 10.0. The average molecular weight is 545 g/mol. The number of aromatic nitrogens is 1. The Kier molecular flexibility index (Phi) is 8.84. The van der Waals surface area contributed by atoms with Crippen LogP contribution in [-0.4, -0.2) is 75.4 Å². The smallest absolute Gasteiger partial charge is 0.260 e. The lowest BCUT2D eigenvalue weighted by molar-refractivity contribution is 0.0986. The van der Waals surface area contributed by atoms with E-state index < -0.39 is 10.0 Å². The van der Waals surface area contributed by atoms with Crippen LogP contribution in [0.15, 0.2) is 47.4 Å². The number of fused-ring (bicyclic) bond motifs is 1. The SMILES string of the molecule is CCOc1cccc2sc(N(CCCN(C)C)C(=O)c3ccc(S(=O)(=O)N4CCCC(C)C4)cc3)nc12. The fraction of sp³-hybridized carbons (Fsp3) is 0.481. The molecule has 2 aromatic carbocycles. The average Bonchev–Trinajstić information content (AvgIpc) is 3.31. The van der Waals surface area contributed by atoms with Crippen molar-refractivity contribution in [3.05, 3.63) is 48.0 Å². The third kappa shape index (κ3) is 6.31. The quantitative estimate of drug-likeness (QED) is 0.368. The molecule has 8 nitrogen and oxygen atoms in total. The Bertz CT molecular complexity index is 1320. The summed E-state index contributed by atoms with van der Waals surface area (Å²) in [5.74, 6) is 0.841. The highest BCUT2D eigenvalue weighted by Crippen LogP contribution is 2.35. The van der Waals surface area contributed by atoms with Crippen molar-refractivity contribution >= 4 is 42.6 Å². The van der Waals surface area contributed by atoms with Crippen LogP contribution in [0, 0.1) is 5.92 Å². The third-order valence-electron chi connectivity index (χ3n) is 6.49. The van der Waals surface area contributed by atoms with Crippen LogP contribution < -0.4 is 9.64 Å². The van der Waals surface area contributed by atoms with E-state index in [2.05, 4.69) is 11.8 Å². The van der Waals surface area contributed by atoms with Crippen LogP contribution in [-0.2, 0) is 10.0 Å². The topological polar surface area (TPSA) is 83.0 Å². The molecule has 3 aromatic rings. The van der Waals surface area contributed by atoms with Gasteiger partial charge in [-0.25, -0.2) is 13.4 Å². The van der Waals surface area contributed by atoms with Crippen molar-refractivity contribution in [1.82, 2.24) is 14.2 Å². The van der Waals surface area contributed by atoms with Gasteiger partial charge in [0.15, 0.2) is 5.13 Å². The van der Waals surface area contributed by atoms with Gasteiger partial charge in [0.2, 0.25) is 10.0 Å². The summed E-state index contributed by atoms with van der Waals surface area (Å²) in [6.07, 6.45) is 2.68. The minimum absolute atomic E-state index is 0.202. The Morgan fingerprint density at radius 2 is 1.92 bits per heavy atom. The molecule has 4 rings (SSSR count). The summed E-state index contributed by atoms with van der Waals surface area (Å²) in [4.78, 5) is 22.5. The summed E-state index contributed by atoms with van der Waals surface area (Å²) in [6, 6.07) is 12.1. The summed E-state index contributed by atoms with van der Waals surface area (Å²) < 4.78 is 34.6. The van der Waals surface area contributed by atoms with Gasteiger partial charge in [-0.2, -0.15) is 4.31 Å². The van der Waals surface area contributed by atoms with E-state index >= 15 is 0 Å². The normalized spacial score (nSPS) is 16.8. The molecule has 1 saturated heterocycles. The Hall–Kier alpha value is -2.53. The standard InChI is InChI=1S/C27H36N4O4S2/c1-5-35-23-10-6-11-24-25(23)28-27(36-24)31(18-8-16-29(3)4)26(32)21-12-14-22(15-13-21)37(33,34)30-17-7-9-20(2)19-30/h6,10-15,20H,5,7-9,16-19H2,1-4H3. The Labute approximate surface area is 223 Å². The van der Waals surface area contributed by atoms with Gasteiger partial charge in [-0.15, -0.1) is 0 Å². The van der Waals surface area contributed by atoms with Crippen LogP contribution in [0.1, 0.15) is 43.5 Å². The lowest BCUT2D eigenvalue weighted by Gasteiger charge is -2.30. The van der Waals surface area contributed by atoms with Crippen molar-refractivity contribution in [2.45, 2.75) is 38.0 Å². The number of hydrogen-bond acceptors (Lipinski definition) is 7. The van der Waals surface area contributed by atoms with Crippen molar-refractivity contribution in [3.63, 3.8) is 0 Å². The molecule has 0 spiro atoms. The predicted molar refractivity (Wildman–Crippen MR) is 149 cm³/mol. The molecular weight excluding hydrogens is 508 g/mol. The molecule has 0 bridgehead atoms. The van der Waals surface area contributed by atoms with Gasteiger partial charge in [0.05, 0.1) is 16.2 Å². The molecule has 200 valence electrons. The second-order valence-electron chi connectivity index (χ2n) is 9.78. The molecule has 2 heterocycles. The fourth-order valence-corrected chi connectivity index (χ4v) is 7.17. The van der Waals surface area contributed by atoms with E-state index in [1.807, 2.05) is 39.2 Å². The Balaban J connectivity index is 1.61.